The molecule has 0 amide bonds. The summed E-state index contributed by atoms with van der Waals surface area (Å²) in [7, 11) is 2.16. The Balaban J connectivity index is 0.000000500. The van der Waals surface area contributed by atoms with Crippen LogP contribution >= 0.6 is 24.8 Å². The zero-order valence-corrected chi connectivity index (χ0v) is 8.38. The Labute approximate surface area is 80.3 Å². The molecule has 1 spiro atoms. The number of nitrogens with zero attached hydrogens (tertiary/aromatic N) is 1. The van der Waals surface area contributed by atoms with Gasteiger partial charge in [-0.05, 0) is 25.3 Å². The first kappa shape index (κ1) is 11.5. The molecule has 1 saturated carbocycles. The van der Waals surface area contributed by atoms with Gasteiger partial charge in [-0.2, -0.15) is 0 Å². The van der Waals surface area contributed by atoms with Gasteiger partial charge in [-0.1, -0.05) is 0 Å². The molecule has 1 saturated heterocycles. The molecule has 2 aliphatic rings. The molecule has 0 unspecified atom stereocenters. The summed E-state index contributed by atoms with van der Waals surface area (Å²) in [6, 6.07) is 0.475. The minimum absolute atomic E-state index is 0. The van der Waals surface area contributed by atoms with Crippen molar-refractivity contribution in [1.82, 2.24) is 4.90 Å². The smallest absolute Gasteiger partial charge is 0.0237 e. The monoisotopic (exact) mass is 198 g/mol. The summed E-state index contributed by atoms with van der Waals surface area (Å²) >= 11 is 0. The van der Waals surface area contributed by atoms with E-state index in [1.54, 1.807) is 0 Å². The Morgan fingerprint density at radius 1 is 1.36 bits per heavy atom. The Hall–Kier alpha value is 0.500. The van der Waals surface area contributed by atoms with Crippen LogP contribution in [0.4, 0.5) is 0 Å². The third-order valence-corrected chi connectivity index (χ3v) is 2.77. The molecule has 11 heavy (non-hydrogen) atoms. The average molecular weight is 199 g/mol. The second-order valence-corrected chi connectivity index (χ2v) is 3.67. The van der Waals surface area contributed by atoms with E-state index in [-0.39, 0.29) is 24.8 Å². The minimum atomic E-state index is 0. The molecule has 2 fully saturated rings. The summed E-state index contributed by atoms with van der Waals surface area (Å²) in [5.74, 6) is 0. The van der Waals surface area contributed by atoms with Crippen molar-refractivity contribution >= 4 is 24.8 Å². The van der Waals surface area contributed by atoms with E-state index < -0.39 is 0 Å². The molecule has 2 N–H and O–H groups in total. The van der Waals surface area contributed by atoms with Gasteiger partial charge in [0.15, 0.2) is 0 Å². The molecule has 0 aromatic carbocycles. The molecule has 4 heteroatoms. The lowest BCUT2D eigenvalue weighted by Crippen LogP contribution is -2.30. The summed E-state index contributed by atoms with van der Waals surface area (Å²) in [4.78, 5) is 2.34. The summed E-state index contributed by atoms with van der Waals surface area (Å²) in [5, 5.41) is 0. The Kier molecular flexibility index (Phi) is 3.64. The largest absolute Gasteiger partial charge is 0.326 e. The lowest BCUT2D eigenvalue weighted by molar-refractivity contribution is 0.389. The summed E-state index contributed by atoms with van der Waals surface area (Å²) in [6.07, 6.45) is 2.75. The van der Waals surface area contributed by atoms with Crippen LogP contribution in [0.2, 0.25) is 0 Å². The van der Waals surface area contributed by atoms with E-state index in [4.69, 9.17) is 5.73 Å². The number of rotatable bonds is 0. The van der Waals surface area contributed by atoms with Crippen molar-refractivity contribution in [1.29, 1.82) is 0 Å². The maximum absolute atomic E-state index is 5.92. The number of likely N-dealkylation sites (N-methyl/N-ethyl adjacent to an activating group) is 1. The first-order valence-electron chi connectivity index (χ1n) is 3.67. The highest BCUT2D eigenvalue weighted by molar-refractivity contribution is 5.85. The number of likely N-dealkylation sites (tertiary alicyclic amines) is 1. The maximum atomic E-state index is 5.92. The van der Waals surface area contributed by atoms with Crippen LogP contribution in [0.3, 0.4) is 0 Å². The van der Waals surface area contributed by atoms with Crippen LogP contribution in [0.1, 0.15) is 12.8 Å². The molecule has 2 rings (SSSR count). The molecule has 1 aliphatic carbocycles. The molecule has 0 radical (unpaired) electrons. The molecule has 2 nitrogen and oxygen atoms in total. The van der Waals surface area contributed by atoms with Crippen molar-refractivity contribution in [2.75, 3.05) is 20.1 Å². The van der Waals surface area contributed by atoms with Crippen molar-refractivity contribution in [3.8, 4) is 0 Å². The van der Waals surface area contributed by atoms with Gasteiger partial charge in [-0.15, -0.1) is 24.8 Å². The van der Waals surface area contributed by atoms with Gasteiger partial charge in [0.2, 0.25) is 0 Å². The Morgan fingerprint density at radius 2 is 1.91 bits per heavy atom. The van der Waals surface area contributed by atoms with Crippen LogP contribution in [-0.4, -0.2) is 31.1 Å². The van der Waals surface area contributed by atoms with Gasteiger partial charge in [-0.3, -0.25) is 0 Å². The second kappa shape index (κ2) is 3.48. The van der Waals surface area contributed by atoms with Gasteiger partial charge in [-0.25, -0.2) is 0 Å². The van der Waals surface area contributed by atoms with E-state index in [1.165, 1.54) is 19.4 Å². The SMILES string of the molecule is CN1C[C@@H](N)C2(CC2)C1.Cl.Cl. The van der Waals surface area contributed by atoms with E-state index in [9.17, 15) is 0 Å². The van der Waals surface area contributed by atoms with Crippen molar-refractivity contribution in [3.63, 3.8) is 0 Å². The van der Waals surface area contributed by atoms with Crippen molar-refractivity contribution < 1.29 is 0 Å². The maximum Gasteiger partial charge on any atom is 0.0237 e. The first-order chi connectivity index (χ1) is 4.23. The summed E-state index contributed by atoms with van der Waals surface area (Å²) < 4.78 is 0. The number of hydrogen-bond donors (Lipinski definition) is 1. The standard InChI is InChI=1S/C7H14N2.2ClH/c1-9-4-6(8)7(5-9)2-3-7;;/h6H,2-5,8H2,1H3;2*1H/t6-;;/m1../s1. The molecule has 1 aliphatic heterocycles. The lowest BCUT2D eigenvalue weighted by Gasteiger charge is -2.08. The summed E-state index contributed by atoms with van der Waals surface area (Å²) in [5.41, 5.74) is 6.50. The molecule has 0 bridgehead atoms. The Bertz CT molecular complexity index is 136. The van der Waals surface area contributed by atoms with Gasteiger partial charge in [0.1, 0.15) is 0 Å². The zero-order chi connectivity index (χ0) is 6.48. The highest BCUT2D eigenvalue weighted by atomic mass is 35.5. The first-order valence-corrected chi connectivity index (χ1v) is 3.67. The fourth-order valence-electron chi connectivity index (χ4n) is 1.94. The van der Waals surface area contributed by atoms with Gasteiger partial charge < -0.3 is 10.6 Å². The average Bonchev–Trinajstić information content (AvgIpc) is 2.42. The number of halogens is 2. The number of nitrogens with two attached hydrogens (primary N) is 1. The quantitative estimate of drug-likeness (QED) is 0.627. The molecule has 0 aromatic rings. The van der Waals surface area contributed by atoms with Gasteiger partial charge >= 0.3 is 0 Å². The van der Waals surface area contributed by atoms with E-state index in [0.29, 0.717) is 11.5 Å². The van der Waals surface area contributed by atoms with Crippen LogP contribution in [-0.2, 0) is 0 Å². The van der Waals surface area contributed by atoms with Gasteiger partial charge in [0.05, 0.1) is 0 Å². The van der Waals surface area contributed by atoms with E-state index >= 15 is 0 Å². The highest BCUT2D eigenvalue weighted by Gasteiger charge is 2.52. The third kappa shape index (κ3) is 1.81. The normalized spacial score (nSPS) is 32.7. The zero-order valence-electron chi connectivity index (χ0n) is 6.75. The molecule has 0 aromatic heterocycles. The Morgan fingerprint density at radius 3 is 2.09 bits per heavy atom. The molecule has 68 valence electrons. The van der Waals surface area contributed by atoms with Crippen LogP contribution < -0.4 is 5.73 Å². The fourth-order valence-corrected chi connectivity index (χ4v) is 1.94. The lowest BCUT2D eigenvalue weighted by atomic mass is 10.0. The van der Waals surface area contributed by atoms with Crippen molar-refractivity contribution in [2.24, 2.45) is 11.1 Å². The third-order valence-electron chi connectivity index (χ3n) is 2.77. The predicted molar refractivity (Wildman–Crippen MR) is 51.6 cm³/mol. The molecular formula is C7H16Cl2N2. The van der Waals surface area contributed by atoms with Crippen molar-refractivity contribution in [2.45, 2.75) is 18.9 Å². The van der Waals surface area contributed by atoms with E-state index in [0.717, 1.165) is 6.54 Å². The number of hydrogen-bond acceptors (Lipinski definition) is 2. The van der Waals surface area contributed by atoms with Gasteiger partial charge in [0, 0.05) is 19.1 Å². The van der Waals surface area contributed by atoms with Crippen LogP contribution in [0.15, 0.2) is 0 Å². The predicted octanol–water partition coefficient (Wildman–Crippen LogP) is 0.883. The van der Waals surface area contributed by atoms with E-state index in [1.807, 2.05) is 0 Å². The second-order valence-electron chi connectivity index (χ2n) is 3.67. The summed E-state index contributed by atoms with van der Waals surface area (Å²) in [6.45, 7) is 2.36. The molecule has 1 heterocycles. The topological polar surface area (TPSA) is 29.3 Å². The van der Waals surface area contributed by atoms with Crippen LogP contribution in [0.5, 0.6) is 0 Å². The molecular weight excluding hydrogens is 183 g/mol. The van der Waals surface area contributed by atoms with E-state index in [2.05, 4.69) is 11.9 Å². The van der Waals surface area contributed by atoms with Gasteiger partial charge in [0.25, 0.3) is 0 Å². The highest BCUT2D eigenvalue weighted by Crippen LogP contribution is 2.51. The fraction of sp³-hybridized carbons (Fsp3) is 1.00. The minimum Gasteiger partial charge on any atom is -0.326 e. The molecule has 1 atom stereocenters. The van der Waals surface area contributed by atoms with Crippen molar-refractivity contribution in [3.05, 3.63) is 0 Å². The van der Waals surface area contributed by atoms with Crippen LogP contribution in [0.25, 0.3) is 0 Å². The van der Waals surface area contributed by atoms with Crippen LogP contribution in [0, 0.1) is 5.41 Å².